The number of benzene rings is 3. The quantitative estimate of drug-likeness (QED) is 0.144. The number of carbonyl (C=O) groups excluding carboxylic acids is 1. The van der Waals surface area contributed by atoms with Crippen LogP contribution in [-0.4, -0.2) is 26.3 Å². The molecule has 0 unspecified atom stereocenters. The Morgan fingerprint density at radius 2 is 1.68 bits per heavy atom. The molecule has 0 radical (unpaired) electrons. The van der Waals surface area contributed by atoms with Crippen LogP contribution in [0.15, 0.2) is 84.0 Å². The predicted octanol–water partition coefficient (Wildman–Crippen LogP) is 7.36. The fourth-order valence-corrected chi connectivity index (χ4v) is 4.54. The summed E-state index contributed by atoms with van der Waals surface area (Å²) in [6, 6.07) is 21.0. The molecule has 3 aromatic carbocycles. The minimum absolute atomic E-state index is 0.0182. The second-order valence-electron chi connectivity index (χ2n) is 7.41. The third kappa shape index (κ3) is 5.51. The van der Waals surface area contributed by atoms with Crippen molar-refractivity contribution in [3.05, 3.63) is 95.0 Å². The molecule has 1 heterocycles. The fraction of sp³-hybridized carbons (Fsp3) is 0.160. The van der Waals surface area contributed by atoms with Crippen molar-refractivity contribution in [2.75, 3.05) is 5.75 Å². The average molecular weight is 502 g/mol. The lowest BCUT2D eigenvalue weighted by molar-refractivity contribution is -0.137. The van der Waals surface area contributed by atoms with E-state index in [0.717, 1.165) is 6.07 Å². The Kier molecular flexibility index (Phi) is 7.38. The van der Waals surface area contributed by atoms with Gasteiger partial charge in [0.1, 0.15) is 0 Å². The van der Waals surface area contributed by atoms with Crippen LogP contribution < -0.4 is 0 Å². The van der Waals surface area contributed by atoms with Gasteiger partial charge in [-0.2, -0.15) is 13.2 Å². The first-order valence-electron chi connectivity index (χ1n) is 10.4. The maximum atomic E-state index is 13.8. The molecule has 0 aliphatic rings. The molecule has 4 rings (SSSR count). The lowest BCUT2D eigenvalue weighted by Gasteiger charge is -2.16. The van der Waals surface area contributed by atoms with Crippen molar-refractivity contribution in [3.8, 4) is 17.1 Å². The minimum Gasteiger partial charge on any atom is -0.294 e. The van der Waals surface area contributed by atoms with E-state index in [0.29, 0.717) is 39.9 Å². The topological polar surface area (TPSA) is 47.8 Å². The van der Waals surface area contributed by atoms with E-state index in [9.17, 15) is 18.0 Å². The first kappa shape index (κ1) is 24.0. The summed E-state index contributed by atoms with van der Waals surface area (Å²) in [7, 11) is 0. The zero-order valence-electron chi connectivity index (χ0n) is 17.8. The Bertz CT molecular complexity index is 1290. The summed E-state index contributed by atoms with van der Waals surface area (Å²) >= 11 is 7.37. The van der Waals surface area contributed by atoms with Crippen LogP contribution in [0.1, 0.15) is 28.8 Å². The van der Waals surface area contributed by atoms with E-state index in [1.165, 1.54) is 28.5 Å². The summed E-state index contributed by atoms with van der Waals surface area (Å²) in [6.07, 6.45) is -3.69. The highest BCUT2D eigenvalue weighted by molar-refractivity contribution is 7.99. The number of carbonyl (C=O) groups is 1. The Morgan fingerprint density at radius 1 is 0.941 bits per heavy atom. The van der Waals surface area contributed by atoms with Crippen molar-refractivity contribution >= 4 is 29.1 Å². The zero-order chi connectivity index (χ0) is 24.1. The average Bonchev–Trinajstić information content (AvgIpc) is 3.25. The highest BCUT2D eigenvalue weighted by Crippen LogP contribution is 2.37. The summed E-state index contributed by atoms with van der Waals surface area (Å²) in [5.41, 5.74) is 0.318. The van der Waals surface area contributed by atoms with Crippen LogP contribution in [-0.2, 0) is 6.18 Å². The van der Waals surface area contributed by atoms with Gasteiger partial charge in [-0.25, -0.2) is 0 Å². The Balaban J connectivity index is 1.63. The molecule has 9 heteroatoms. The van der Waals surface area contributed by atoms with Crippen molar-refractivity contribution < 1.29 is 18.0 Å². The van der Waals surface area contributed by atoms with Gasteiger partial charge in [0, 0.05) is 28.3 Å². The largest absolute Gasteiger partial charge is 0.418 e. The van der Waals surface area contributed by atoms with Crippen LogP contribution in [0.3, 0.4) is 0 Å². The Hall–Kier alpha value is -3.10. The van der Waals surface area contributed by atoms with Crippen molar-refractivity contribution in [3.63, 3.8) is 0 Å². The molecule has 0 atom stereocenters. The fourth-order valence-electron chi connectivity index (χ4n) is 3.47. The zero-order valence-corrected chi connectivity index (χ0v) is 19.4. The molecule has 174 valence electrons. The van der Waals surface area contributed by atoms with Gasteiger partial charge in [-0.15, -0.1) is 10.2 Å². The molecule has 0 spiro atoms. The standard InChI is InChI=1S/C25H19ClF3N3OS/c26-19-11-6-10-18(16-19)23-30-31-24(32(23)21-13-5-4-12-20(21)25(27,28)29)34-15-7-14-22(33)17-8-2-1-3-9-17/h1-6,8-13,16H,7,14-15H2. The highest BCUT2D eigenvalue weighted by Gasteiger charge is 2.35. The van der Waals surface area contributed by atoms with Gasteiger partial charge < -0.3 is 0 Å². The summed E-state index contributed by atoms with van der Waals surface area (Å²) in [5.74, 6) is 0.757. The molecule has 1 aromatic heterocycles. The second-order valence-corrected chi connectivity index (χ2v) is 8.91. The molecule has 0 fully saturated rings. The summed E-state index contributed by atoms with van der Waals surface area (Å²) in [5, 5.41) is 9.10. The van der Waals surface area contributed by atoms with Crippen molar-refractivity contribution in [2.24, 2.45) is 0 Å². The van der Waals surface area contributed by atoms with Crippen LogP contribution >= 0.6 is 23.4 Å². The lowest BCUT2D eigenvalue weighted by Crippen LogP contribution is -2.12. The number of aromatic nitrogens is 3. The maximum absolute atomic E-state index is 13.8. The third-order valence-corrected chi connectivity index (χ3v) is 6.29. The van der Waals surface area contributed by atoms with Gasteiger partial charge in [0.15, 0.2) is 16.8 Å². The van der Waals surface area contributed by atoms with E-state index >= 15 is 0 Å². The molecule has 0 saturated carbocycles. The molecule has 0 amide bonds. The van der Waals surface area contributed by atoms with Crippen LogP contribution in [0.4, 0.5) is 13.2 Å². The first-order chi connectivity index (χ1) is 16.3. The number of para-hydroxylation sites is 1. The SMILES string of the molecule is O=C(CCCSc1nnc(-c2cccc(Cl)c2)n1-c1ccccc1C(F)(F)F)c1ccccc1. The first-order valence-corrected chi connectivity index (χ1v) is 11.8. The number of alkyl halides is 3. The molecule has 0 aliphatic carbocycles. The van der Waals surface area contributed by atoms with Gasteiger partial charge in [0.2, 0.25) is 0 Å². The molecule has 0 aliphatic heterocycles. The number of hydrogen-bond acceptors (Lipinski definition) is 4. The van der Waals surface area contributed by atoms with Gasteiger partial charge in [-0.05, 0) is 30.7 Å². The maximum Gasteiger partial charge on any atom is 0.418 e. The number of nitrogens with zero attached hydrogens (tertiary/aromatic N) is 3. The molecular weight excluding hydrogens is 483 g/mol. The summed E-state index contributed by atoms with van der Waals surface area (Å²) in [6.45, 7) is 0. The van der Waals surface area contributed by atoms with Crippen LogP contribution in [0, 0.1) is 0 Å². The van der Waals surface area contributed by atoms with E-state index in [2.05, 4.69) is 10.2 Å². The number of rotatable bonds is 8. The van der Waals surface area contributed by atoms with Gasteiger partial charge in [-0.1, -0.05) is 78.0 Å². The molecule has 4 nitrogen and oxygen atoms in total. The number of hydrogen-bond donors (Lipinski definition) is 0. The summed E-state index contributed by atoms with van der Waals surface area (Å²) in [4.78, 5) is 12.3. The number of thioether (sulfide) groups is 1. The monoisotopic (exact) mass is 501 g/mol. The highest BCUT2D eigenvalue weighted by atomic mass is 35.5. The normalized spacial score (nSPS) is 11.5. The van der Waals surface area contributed by atoms with Crippen LogP contribution in [0.2, 0.25) is 5.02 Å². The number of ketones is 1. The van der Waals surface area contributed by atoms with Crippen LogP contribution in [0.5, 0.6) is 0 Å². The molecule has 0 N–H and O–H groups in total. The van der Waals surface area contributed by atoms with E-state index in [-0.39, 0.29) is 17.3 Å². The van der Waals surface area contributed by atoms with Gasteiger partial charge in [0.25, 0.3) is 0 Å². The van der Waals surface area contributed by atoms with Gasteiger partial charge in [0.05, 0.1) is 11.3 Å². The van der Waals surface area contributed by atoms with Crippen molar-refractivity contribution in [2.45, 2.75) is 24.2 Å². The molecular formula is C25H19ClF3N3OS. The van der Waals surface area contributed by atoms with Crippen molar-refractivity contribution in [1.82, 2.24) is 14.8 Å². The smallest absolute Gasteiger partial charge is 0.294 e. The van der Waals surface area contributed by atoms with Crippen LogP contribution in [0.25, 0.3) is 17.1 Å². The van der Waals surface area contributed by atoms with E-state index in [1.807, 2.05) is 6.07 Å². The molecule has 0 bridgehead atoms. The predicted molar refractivity (Wildman–Crippen MR) is 128 cm³/mol. The van der Waals surface area contributed by atoms with Gasteiger partial charge in [-0.3, -0.25) is 9.36 Å². The number of Topliss-reactive ketones (excluding diaryl/α,β-unsaturated/α-hetero) is 1. The van der Waals surface area contributed by atoms with E-state index in [1.54, 1.807) is 54.6 Å². The van der Waals surface area contributed by atoms with Crippen molar-refractivity contribution in [1.29, 1.82) is 0 Å². The molecule has 0 saturated heterocycles. The Morgan fingerprint density at radius 3 is 2.41 bits per heavy atom. The van der Waals surface area contributed by atoms with E-state index in [4.69, 9.17) is 11.6 Å². The molecule has 34 heavy (non-hydrogen) atoms. The molecule has 4 aromatic rings. The Labute approximate surface area is 203 Å². The lowest BCUT2D eigenvalue weighted by atomic mass is 10.1. The number of halogens is 4. The minimum atomic E-state index is -4.56. The van der Waals surface area contributed by atoms with E-state index < -0.39 is 11.7 Å². The third-order valence-electron chi connectivity index (χ3n) is 5.04. The second kappa shape index (κ2) is 10.4. The summed E-state index contributed by atoms with van der Waals surface area (Å²) < 4.78 is 42.8. The van der Waals surface area contributed by atoms with Gasteiger partial charge >= 0.3 is 6.18 Å².